The van der Waals surface area contributed by atoms with Crippen LogP contribution in [0.25, 0.3) is 0 Å². The van der Waals surface area contributed by atoms with Crippen molar-refractivity contribution in [1.29, 1.82) is 0 Å². The Morgan fingerprint density at radius 3 is 2.24 bits per heavy atom. The van der Waals surface area contributed by atoms with Gasteiger partial charge in [0.1, 0.15) is 30.4 Å². The molecule has 1 saturated heterocycles. The molecule has 0 spiro atoms. The molecule has 0 aromatic heterocycles. The average molecular weight is 558 g/mol. The number of anilines is 1. The molecule has 1 amide bonds. The van der Waals surface area contributed by atoms with E-state index in [1.165, 1.54) is 54.9 Å². The monoisotopic (exact) mass is 557 g/mol. The molecule has 0 atom stereocenters. The van der Waals surface area contributed by atoms with E-state index in [4.69, 9.17) is 18.9 Å². The summed E-state index contributed by atoms with van der Waals surface area (Å²) in [6.45, 7) is 1.07. The zero-order chi connectivity index (χ0) is 27.1. The van der Waals surface area contributed by atoms with Crippen LogP contribution in [0.3, 0.4) is 0 Å². The van der Waals surface area contributed by atoms with Crippen LogP contribution in [0.1, 0.15) is 0 Å². The first kappa shape index (κ1) is 28.5. The van der Waals surface area contributed by atoms with Crippen molar-refractivity contribution in [3.05, 3.63) is 42.5 Å². The van der Waals surface area contributed by atoms with E-state index >= 15 is 0 Å². The number of morpholine rings is 1. The lowest BCUT2D eigenvalue weighted by molar-refractivity contribution is -0.119. The SMILES string of the molecule is COc1ccc(N(CC(=O)NCCOc2ccc(S(=O)(=O)N3CCOCC3)cc2)S(C)(=O)=O)c(OC)c1. The Morgan fingerprint density at radius 1 is 1.00 bits per heavy atom. The number of nitrogens with zero attached hydrogens (tertiary/aromatic N) is 2. The van der Waals surface area contributed by atoms with Gasteiger partial charge in [-0.15, -0.1) is 0 Å². The van der Waals surface area contributed by atoms with Crippen LogP contribution in [0, 0.1) is 0 Å². The fraction of sp³-hybridized carbons (Fsp3) is 0.435. The first-order chi connectivity index (χ1) is 17.6. The van der Waals surface area contributed by atoms with Gasteiger partial charge in [-0.3, -0.25) is 9.10 Å². The molecule has 0 saturated carbocycles. The van der Waals surface area contributed by atoms with Gasteiger partial charge >= 0.3 is 0 Å². The van der Waals surface area contributed by atoms with Gasteiger partial charge in [0.15, 0.2) is 0 Å². The van der Waals surface area contributed by atoms with Crippen LogP contribution in [0.4, 0.5) is 5.69 Å². The predicted octanol–water partition coefficient (Wildman–Crippen LogP) is 0.686. The van der Waals surface area contributed by atoms with Gasteiger partial charge in [-0.1, -0.05) is 0 Å². The summed E-state index contributed by atoms with van der Waals surface area (Å²) >= 11 is 0. The molecule has 1 fully saturated rings. The predicted molar refractivity (Wildman–Crippen MR) is 136 cm³/mol. The maximum atomic E-state index is 12.7. The van der Waals surface area contributed by atoms with Crippen LogP contribution in [-0.2, 0) is 29.6 Å². The van der Waals surface area contributed by atoms with Gasteiger partial charge in [-0.05, 0) is 36.4 Å². The topological polar surface area (TPSA) is 141 Å². The molecule has 1 N–H and O–H groups in total. The number of methoxy groups -OCH3 is 2. The highest BCUT2D eigenvalue weighted by Crippen LogP contribution is 2.33. The summed E-state index contributed by atoms with van der Waals surface area (Å²) in [4.78, 5) is 12.7. The molecule has 3 rings (SSSR count). The minimum Gasteiger partial charge on any atom is -0.497 e. The lowest BCUT2D eigenvalue weighted by atomic mass is 10.2. The maximum Gasteiger partial charge on any atom is 0.243 e. The minimum atomic E-state index is -3.80. The van der Waals surface area contributed by atoms with E-state index in [9.17, 15) is 21.6 Å². The Bertz CT molecular complexity index is 1280. The molecular formula is C23H31N3O9S2. The van der Waals surface area contributed by atoms with Crippen LogP contribution >= 0.6 is 0 Å². The molecule has 2 aromatic rings. The summed E-state index contributed by atoms with van der Waals surface area (Å²) in [5.41, 5.74) is 0.198. The lowest BCUT2D eigenvalue weighted by Gasteiger charge is -2.26. The fourth-order valence-corrected chi connectivity index (χ4v) is 5.83. The van der Waals surface area contributed by atoms with Crippen LogP contribution in [0.5, 0.6) is 17.2 Å². The summed E-state index contributed by atoms with van der Waals surface area (Å²) in [5.74, 6) is 0.595. The molecule has 12 nitrogen and oxygen atoms in total. The standard InChI is InChI=1S/C23H31N3O9S2/c1-32-19-6-9-21(22(16-19)33-2)26(36(3,28)29)17-23(27)24-10-13-35-18-4-7-20(8-5-18)37(30,31)25-11-14-34-15-12-25/h4-9,16H,10-15,17H2,1-3H3,(H,24,27). The molecule has 1 aliphatic rings. The number of carbonyl (C=O) groups excluding carboxylic acids is 1. The molecule has 37 heavy (non-hydrogen) atoms. The lowest BCUT2D eigenvalue weighted by Crippen LogP contribution is -2.41. The number of carbonyl (C=O) groups is 1. The number of hydrogen-bond donors (Lipinski definition) is 1. The minimum absolute atomic E-state index is 0.0893. The molecule has 0 unspecified atom stereocenters. The van der Waals surface area contributed by atoms with Gasteiger partial charge in [0, 0.05) is 19.2 Å². The number of amides is 1. The number of rotatable bonds is 12. The quantitative estimate of drug-likeness (QED) is 0.373. The van der Waals surface area contributed by atoms with E-state index in [2.05, 4.69) is 5.32 Å². The zero-order valence-electron chi connectivity index (χ0n) is 20.9. The molecule has 1 heterocycles. The molecule has 0 aliphatic carbocycles. The highest BCUT2D eigenvalue weighted by Gasteiger charge is 2.26. The first-order valence-corrected chi connectivity index (χ1v) is 14.6. The van der Waals surface area contributed by atoms with Crippen LogP contribution in [0.2, 0.25) is 0 Å². The van der Waals surface area contributed by atoms with Gasteiger partial charge in [-0.2, -0.15) is 4.31 Å². The summed E-state index contributed by atoms with van der Waals surface area (Å²) in [6, 6.07) is 10.6. The zero-order valence-corrected chi connectivity index (χ0v) is 22.5. The van der Waals surface area contributed by atoms with E-state index in [1.54, 1.807) is 6.07 Å². The first-order valence-electron chi connectivity index (χ1n) is 11.3. The van der Waals surface area contributed by atoms with Gasteiger partial charge in [0.25, 0.3) is 0 Å². The third-order valence-electron chi connectivity index (χ3n) is 5.47. The van der Waals surface area contributed by atoms with Crippen LogP contribution in [-0.4, -0.2) is 93.5 Å². The van der Waals surface area contributed by atoms with Gasteiger partial charge in [-0.25, -0.2) is 16.8 Å². The van der Waals surface area contributed by atoms with Crippen molar-refractivity contribution < 1.29 is 40.6 Å². The Morgan fingerprint density at radius 2 is 1.65 bits per heavy atom. The smallest absolute Gasteiger partial charge is 0.243 e. The highest BCUT2D eigenvalue weighted by atomic mass is 32.2. The molecule has 0 radical (unpaired) electrons. The summed E-state index contributed by atoms with van der Waals surface area (Å²) in [6.07, 6.45) is 0.996. The highest BCUT2D eigenvalue weighted by molar-refractivity contribution is 7.92. The van der Waals surface area contributed by atoms with E-state index in [0.717, 1.165) is 10.6 Å². The second-order valence-corrected chi connectivity index (χ2v) is 11.8. The van der Waals surface area contributed by atoms with Crippen molar-refractivity contribution in [1.82, 2.24) is 9.62 Å². The third kappa shape index (κ3) is 7.47. The van der Waals surface area contributed by atoms with E-state index in [0.29, 0.717) is 37.8 Å². The largest absolute Gasteiger partial charge is 0.497 e. The van der Waals surface area contributed by atoms with Gasteiger partial charge in [0.05, 0.1) is 50.8 Å². The summed E-state index contributed by atoms with van der Waals surface area (Å²) in [7, 11) is -4.54. The van der Waals surface area contributed by atoms with E-state index < -0.39 is 32.5 Å². The number of ether oxygens (including phenoxy) is 4. The number of sulfonamides is 2. The van der Waals surface area contributed by atoms with Crippen LogP contribution < -0.4 is 23.8 Å². The van der Waals surface area contributed by atoms with Crippen LogP contribution in [0.15, 0.2) is 47.4 Å². The van der Waals surface area contributed by atoms with Gasteiger partial charge < -0.3 is 24.3 Å². The van der Waals surface area contributed by atoms with Crippen molar-refractivity contribution in [2.75, 3.05) is 70.8 Å². The summed E-state index contributed by atoms with van der Waals surface area (Å²) < 4.78 is 73.7. The van der Waals surface area contributed by atoms with Gasteiger partial charge in [0.2, 0.25) is 26.0 Å². The third-order valence-corrected chi connectivity index (χ3v) is 8.51. The van der Waals surface area contributed by atoms with E-state index in [-0.39, 0.29) is 29.5 Å². The second kappa shape index (κ2) is 12.4. The molecule has 2 aromatic carbocycles. The molecule has 14 heteroatoms. The van der Waals surface area contributed by atoms with Crippen molar-refractivity contribution in [3.8, 4) is 17.2 Å². The Labute approximate surface area is 217 Å². The number of benzene rings is 2. The van der Waals surface area contributed by atoms with Crippen molar-refractivity contribution in [2.24, 2.45) is 0 Å². The summed E-state index contributed by atoms with van der Waals surface area (Å²) in [5, 5.41) is 2.61. The van der Waals surface area contributed by atoms with Crippen molar-refractivity contribution in [2.45, 2.75) is 4.90 Å². The van der Waals surface area contributed by atoms with E-state index in [1.807, 2.05) is 0 Å². The second-order valence-electron chi connectivity index (χ2n) is 7.99. The van der Waals surface area contributed by atoms with Crippen molar-refractivity contribution in [3.63, 3.8) is 0 Å². The number of hydrogen-bond acceptors (Lipinski definition) is 9. The Hall–Kier alpha value is -3.07. The van der Waals surface area contributed by atoms with Crippen molar-refractivity contribution >= 4 is 31.6 Å². The average Bonchev–Trinajstić information content (AvgIpc) is 2.89. The molecule has 204 valence electrons. The normalized spacial score (nSPS) is 14.6. The number of nitrogens with one attached hydrogen (secondary N) is 1. The maximum absolute atomic E-state index is 12.7. The molecule has 0 bridgehead atoms. The fourth-order valence-electron chi connectivity index (χ4n) is 3.56. The Kier molecular flexibility index (Phi) is 9.59. The molecular weight excluding hydrogens is 526 g/mol. The Balaban J connectivity index is 1.54. The molecule has 1 aliphatic heterocycles.